The Balaban J connectivity index is 1.73. The number of aromatic nitrogens is 1. The molecular formula is C27H30N2O2. The van der Waals surface area contributed by atoms with Gasteiger partial charge in [0.25, 0.3) is 0 Å². The van der Waals surface area contributed by atoms with E-state index in [0.29, 0.717) is 6.54 Å². The second kappa shape index (κ2) is 7.69. The first kappa shape index (κ1) is 20.1. The van der Waals surface area contributed by atoms with Crippen LogP contribution < -0.4 is 0 Å². The highest BCUT2D eigenvalue weighted by molar-refractivity contribution is 6.00. The summed E-state index contributed by atoms with van der Waals surface area (Å²) in [6.07, 6.45) is 2.23. The summed E-state index contributed by atoms with van der Waals surface area (Å²) in [7, 11) is 2.13. The average molecular weight is 415 g/mol. The van der Waals surface area contributed by atoms with Crippen LogP contribution in [0.5, 0.6) is 0 Å². The van der Waals surface area contributed by atoms with E-state index in [2.05, 4.69) is 78.9 Å². The maximum Gasteiger partial charge on any atom is 0.250 e. The molecule has 4 nitrogen and oxygen atoms in total. The summed E-state index contributed by atoms with van der Waals surface area (Å²) in [6, 6.07) is 17.2. The molecule has 0 unspecified atom stereocenters. The number of para-hydroxylation sites is 1. The van der Waals surface area contributed by atoms with Gasteiger partial charge in [0.1, 0.15) is 0 Å². The second-order valence-corrected chi connectivity index (χ2v) is 9.01. The Morgan fingerprint density at radius 3 is 2.48 bits per heavy atom. The standard InChI is InChI=1S/C27H30N2O2/c1-17-11-13-20(14-12-17)26-24(22-9-5-6-10-23(22)28(26)4)25-18(2)19(3)27(30)29(25)16-21-8-7-15-31-21/h5-6,9-14,21,25H,7-8,15-16H2,1-4H3/t21-,25+/m1/s1. The van der Waals surface area contributed by atoms with Crippen LogP contribution in [-0.2, 0) is 16.6 Å². The number of rotatable bonds is 4. The Hall–Kier alpha value is -2.85. The first-order valence-electron chi connectivity index (χ1n) is 11.2. The second-order valence-electron chi connectivity index (χ2n) is 9.01. The van der Waals surface area contributed by atoms with Crippen molar-refractivity contribution in [1.82, 2.24) is 9.47 Å². The summed E-state index contributed by atoms with van der Waals surface area (Å²) in [6.45, 7) is 7.65. The molecule has 3 heterocycles. The van der Waals surface area contributed by atoms with E-state index in [1.807, 2.05) is 6.92 Å². The Morgan fingerprint density at radius 1 is 1.03 bits per heavy atom. The number of hydrogen-bond donors (Lipinski definition) is 0. The molecule has 4 heteroatoms. The SMILES string of the molecule is CC1=C(C)[C@@H](c2c(-c3ccc(C)cc3)n(C)c3ccccc23)N(C[C@H]2CCCO2)C1=O. The molecule has 2 aromatic carbocycles. The van der Waals surface area contributed by atoms with Crippen LogP contribution in [-0.4, -0.2) is 34.6 Å². The van der Waals surface area contributed by atoms with Crippen molar-refractivity contribution in [2.24, 2.45) is 7.05 Å². The number of carbonyl (C=O) groups excluding carboxylic acids is 1. The summed E-state index contributed by atoms with van der Waals surface area (Å²) < 4.78 is 8.20. The number of aryl methyl sites for hydroxylation is 2. The highest BCUT2D eigenvalue weighted by Crippen LogP contribution is 2.46. The van der Waals surface area contributed by atoms with Gasteiger partial charge in [-0.25, -0.2) is 0 Å². The monoisotopic (exact) mass is 414 g/mol. The number of benzene rings is 2. The molecule has 5 rings (SSSR count). The molecule has 1 aromatic heterocycles. The van der Waals surface area contributed by atoms with Gasteiger partial charge in [-0.3, -0.25) is 4.79 Å². The summed E-state index contributed by atoms with van der Waals surface area (Å²) in [5, 5.41) is 1.21. The van der Waals surface area contributed by atoms with Gasteiger partial charge in [0.15, 0.2) is 0 Å². The van der Waals surface area contributed by atoms with Crippen molar-refractivity contribution in [2.45, 2.75) is 45.8 Å². The zero-order chi connectivity index (χ0) is 21.7. The van der Waals surface area contributed by atoms with E-state index in [9.17, 15) is 4.79 Å². The minimum absolute atomic E-state index is 0.0703. The third kappa shape index (κ3) is 3.21. The predicted molar refractivity (Wildman–Crippen MR) is 125 cm³/mol. The van der Waals surface area contributed by atoms with Gasteiger partial charge in [-0.15, -0.1) is 0 Å². The highest BCUT2D eigenvalue weighted by atomic mass is 16.5. The minimum Gasteiger partial charge on any atom is -0.376 e. The van der Waals surface area contributed by atoms with Gasteiger partial charge in [-0.1, -0.05) is 48.0 Å². The lowest BCUT2D eigenvalue weighted by atomic mass is 9.93. The van der Waals surface area contributed by atoms with Crippen molar-refractivity contribution < 1.29 is 9.53 Å². The quantitative estimate of drug-likeness (QED) is 0.561. The molecule has 0 aliphatic carbocycles. The number of nitrogens with zero attached hydrogens (tertiary/aromatic N) is 2. The first-order chi connectivity index (χ1) is 15.0. The molecule has 0 N–H and O–H groups in total. The third-order valence-corrected chi connectivity index (χ3v) is 7.06. The van der Waals surface area contributed by atoms with E-state index < -0.39 is 0 Å². The molecule has 31 heavy (non-hydrogen) atoms. The van der Waals surface area contributed by atoms with Crippen LogP contribution in [0, 0.1) is 6.92 Å². The van der Waals surface area contributed by atoms with Crippen molar-refractivity contribution in [3.63, 3.8) is 0 Å². The molecule has 1 fully saturated rings. The molecule has 0 bridgehead atoms. The van der Waals surface area contributed by atoms with Gasteiger partial charge in [0.2, 0.25) is 5.91 Å². The normalized spacial score (nSPS) is 21.7. The van der Waals surface area contributed by atoms with Crippen LogP contribution in [0.1, 0.15) is 43.9 Å². The Bertz CT molecular complexity index is 1180. The molecule has 2 atom stereocenters. The van der Waals surface area contributed by atoms with Crippen molar-refractivity contribution in [1.29, 1.82) is 0 Å². The van der Waals surface area contributed by atoms with Crippen molar-refractivity contribution in [2.75, 3.05) is 13.2 Å². The lowest BCUT2D eigenvalue weighted by molar-refractivity contribution is -0.128. The van der Waals surface area contributed by atoms with E-state index in [-0.39, 0.29) is 18.1 Å². The average Bonchev–Trinajstić information content (AvgIpc) is 3.44. The third-order valence-electron chi connectivity index (χ3n) is 7.06. The number of fused-ring (bicyclic) bond motifs is 1. The smallest absolute Gasteiger partial charge is 0.250 e. The Labute approximate surface area is 184 Å². The summed E-state index contributed by atoms with van der Waals surface area (Å²) in [5.41, 5.74) is 8.04. The topological polar surface area (TPSA) is 34.5 Å². The number of ether oxygens (including phenoxy) is 1. The van der Waals surface area contributed by atoms with E-state index in [4.69, 9.17) is 4.74 Å². The van der Waals surface area contributed by atoms with Gasteiger partial charge < -0.3 is 14.2 Å². The number of carbonyl (C=O) groups is 1. The van der Waals surface area contributed by atoms with Gasteiger partial charge in [-0.05, 0) is 50.8 Å². The Morgan fingerprint density at radius 2 is 1.77 bits per heavy atom. The van der Waals surface area contributed by atoms with E-state index in [1.165, 1.54) is 33.3 Å². The fourth-order valence-electron chi connectivity index (χ4n) is 5.27. The molecule has 3 aromatic rings. The van der Waals surface area contributed by atoms with Crippen molar-refractivity contribution >= 4 is 16.8 Å². The molecule has 2 aliphatic rings. The van der Waals surface area contributed by atoms with Gasteiger partial charge in [-0.2, -0.15) is 0 Å². The maximum atomic E-state index is 13.3. The Kier molecular flexibility index (Phi) is 4.98. The fourth-order valence-corrected chi connectivity index (χ4v) is 5.27. The summed E-state index contributed by atoms with van der Waals surface area (Å²) in [5.74, 6) is 0.140. The van der Waals surface area contributed by atoms with Crippen molar-refractivity contribution in [3.05, 3.63) is 70.8 Å². The van der Waals surface area contributed by atoms with Crippen LogP contribution in [0.3, 0.4) is 0 Å². The molecule has 0 radical (unpaired) electrons. The van der Waals surface area contributed by atoms with Crippen LogP contribution in [0.25, 0.3) is 22.2 Å². The van der Waals surface area contributed by atoms with E-state index >= 15 is 0 Å². The first-order valence-corrected chi connectivity index (χ1v) is 11.2. The molecular weight excluding hydrogens is 384 g/mol. The van der Waals surface area contributed by atoms with Gasteiger partial charge in [0.05, 0.1) is 17.8 Å². The van der Waals surface area contributed by atoms with Crippen LogP contribution in [0.4, 0.5) is 0 Å². The minimum atomic E-state index is -0.0703. The molecule has 160 valence electrons. The van der Waals surface area contributed by atoms with Crippen LogP contribution >= 0.6 is 0 Å². The molecule has 1 saturated heterocycles. The molecule has 2 aliphatic heterocycles. The molecule has 0 spiro atoms. The predicted octanol–water partition coefficient (Wildman–Crippen LogP) is 5.55. The fraction of sp³-hybridized carbons (Fsp3) is 0.370. The zero-order valence-electron chi connectivity index (χ0n) is 18.8. The molecule has 1 amide bonds. The van der Waals surface area contributed by atoms with Crippen LogP contribution in [0.2, 0.25) is 0 Å². The summed E-state index contributed by atoms with van der Waals surface area (Å²) in [4.78, 5) is 15.4. The lowest BCUT2D eigenvalue weighted by Crippen LogP contribution is -2.36. The number of amides is 1. The highest BCUT2D eigenvalue weighted by Gasteiger charge is 2.40. The van der Waals surface area contributed by atoms with Crippen LogP contribution in [0.15, 0.2) is 59.7 Å². The van der Waals surface area contributed by atoms with Gasteiger partial charge >= 0.3 is 0 Å². The van der Waals surface area contributed by atoms with E-state index in [1.54, 1.807) is 0 Å². The molecule has 0 saturated carbocycles. The van der Waals surface area contributed by atoms with E-state index in [0.717, 1.165) is 30.6 Å². The van der Waals surface area contributed by atoms with Gasteiger partial charge in [0, 0.05) is 42.2 Å². The van der Waals surface area contributed by atoms with Crippen molar-refractivity contribution in [3.8, 4) is 11.3 Å². The summed E-state index contributed by atoms with van der Waals surface area (Å²) >= 11 is 0. The largest absolute Gasteiger partial charge is 0.376 e. The lowest BCUT2D eigenvalue weighted by Gasteiger charge is -2.30. The number of hydrogen-bond acceptors (Lipinski definition) is 2. The zero-order valence-corrected chi connectivity index (χ0v) is 18.8. The maximum absolute atomic E-state index is 13.3.